The number of methoxy groups -OCH3 is 1. The molecular formula is C15H12N2O5. The Bertz CT molecular complexity index is 737. The number of furan rings is 1. The summed E-state index contributed by atoms with van der Waals surface area (Å²) in [4.78, 5) is 21.4. The topological polar surface area (TPSA) is 94.6 Å². The molecule has 1 N–H and O–H groups in total. The Hall–Kier alpha value is -3.27. The van der Waals surface area contributed by atoms with Gasteiger partial charge in [0.05, 0.1) is 19.7 Å². The fourth-order valence-electron chi connectivity index (χ4n) is 1.58. The molecule has 1 heterocycles. The number of nitro groups is 1. The van der Waals surface area contributed by atoms with Gasteiger partial charge in [0.25, 0.3) is 5.91 Å². The van der Waals surface area contributed by atoms with Gasteiger partial charge in [-0.25, -0.2) is 0 Å². The van der Waals surface area contributed by atoms with Gasteiger partial charge in [-0.15, -0.1) is 0 Å². The number of nitrogens with zero attached hydrogens (tertiary/aromatic N) is 1. The minimum Gasteiger partial charge on any atom is -0.497 e. The van der Waals surface area contributed by atoms with Gasteiger partial charge in [0, 0.05) is 5.56 Å². The predicted molar refractivity (Wildman–Crippen MR) is 77.6 cm³/mol. The lowest BCUT2D eigenvalue weighted by Gasteiger charge is -1.98. The van der Waals surface area contributed by atoms with E-state index in [0.717, 1.165) is 17.4 Å². The van der Waals surface area contributed by atoms with Crippen molar-refractivity contribution in [2.24, 2.45) is 0 Å². The number of hydrogen-bond donors (Lipinski definition) is 1. The van der Waals surface area contributed by atoms with Gasteiger partial charge in [0.2, 0.25) is 0 Å². The molecule has 1 aromatic heterocycles. The minimum atomic E-state index is -0.708. The van der Waals surface area contributed by atoms with Gasteiger partial charge in [0.15, 0.2) is 5.76 Å². The van der Waals surface area contributed by atoms with Crippen LogP contribution in [0.25, 0.3) is 0 Å². The van der Waals surface area contributed by atoms with Gasteiger partial charge in [-0.05, 0) is 30.3 Å². The fraction of sp³-hybridized carbons (Fsp3) is 0.133. The van der Waals surface area contributed by atoms with E-state index in [1.54, 1.807) is 31.4 Å². The number of benzene rings is 1. The molecule has 7 heteroatoms. The van der Waals surface area contributed by atoms with Crippen LogP contribution in [0.3, 0.4) is 0 Å². The van der Waals surface area contributed by atoms with Gasteiger partial charge in [-0.3, -0.25) is 14.9 Å². The number of carbonyl (C=O) groups is 1. The summed E-state index contributed by atoms with van der Waals surface area (Å²) in [5, 5.41) is 12.9. The molecule has 0 unspecified atom stereocenters. The van der Waals surface area contributed by atoms with E-state index in [2.05, 4.69) is 17.2 Å². The van der Waals surface area contributed by atoms with E-state index in [0.29, 0.717) is 0 Å². The van der Waals surface area contributed by atoms with Gasteiger partial charge < -0.3 is 14.5 Å². The largest absolute Gasteiger partial charge is 0.497 e. The molecule has 1 aromatic carbocycles. The molecule has 0 aliphatic rings. The number of carbonyl (C=O) groups excluding carboxylic acids is 1. The highest BCUT2D eigenvalue weighted by molar-refractivity contribution is 5.91. The Morgan fingerprint density at radius 1 is 1.32 bits per heavy atom. The highest BCUT2D eigenvalue weighted by Gasteiger charge is 2.16. The molecule has 1 amide bonds. The Balaban J connectivity index is 1.88. The van der Waals surface area contributed by atoms with Crippen molar-refractivity contribution in [3.8, 4) is 17.6 Å². The summed E-state index contributed by atoms with van der Waals surface area (Å²) in [6.07, 6.45) is 0. The third-order valence-corrected chi connectivity index (χ3v) is 2.66. The zero-order valence-corrected chi connectivity index (χ0v) is 11.7. The standard InChI is InChI=1S/C15H12N2O5/c1-21-12-6-4-11(5-7-12)3-2-10-16-15(18)13-8-9-14(22-13)17(19)20/h4-9H,10H2,1H3,(H,16,18). The second-order valence-corrected chi connectivity index (χ2v) is 4.11. The Kier molecular flexibility index (Phi) is 4.78. The average molecular weight is 300 g/mol. The van der Waals surface area contributed by atoms with Gasteiger partial charge in [-0.2, -0.15) is 0 Å². The maximum Gasteiger partial charge on any atom is 0.433 e. The predicted octanol–water partition coefficient (Wildman–Crippen LogP) is 1.98. The highest BCUT2D eigenvalue weighted by atomic mass is 16.6. The monoisotopic (exact) mass is 300 g/mol. The van der Waals surface area contributed by atoms with E-state index in [1.807, 2.05) is 0 Å². The van der Waals surface area contributed by atoms with E-state index in [9.17, 15) is 14.9 Å². The summed E-state index contributed by atoms with van der Waals surface area (Å²) < 4.78 is 9.81. The highest BCUT2D eigenvalue weighted by Crippen LogP contribution is 2.15. The first-order chi connectivity index (χ1) is 10.6. The maximum atomic E-state index is 11.7. The zero-order chi connectivity index (χ0) is 15.9. The molecule has 0 aliphatic carbocycles. The number of nitrogens with one attached hydrogen (secondary N) is 1. The molecule has 7 nitrogen and oxygen atoms in total. The van der Waals surface area contributed by atoms with Crippen LogP contribution < -0.4 is 10.1 Å². The summed E-state index contributed by atoms with van der Waals surface area (Å²) >= 11 is 0. The van der Waals surface area contributed by atoms with E-state index < -0.39 is 16.7 Å². The smallest absolute Gasteiger partial charge is 0.433 e. The maximum absolute atomic E-state index is 11.7. The third-order valence-electron chi connectivity index (χ3n) is 2.66. The Morgan fingerprint density at radius 2 is 2.05 bits per heavy atom. The fourth-order valence-corrected chi connectivity index (χ4v) is 1.58. The van der Waals surface area contributed by atoms with Crippen molar-refractivity contribution in [1.82, 2.24) is 5.32 Å². The molecule has 0 aliphatic heterocycles. The molecule has 2 rings (SSSR count). The quantitative estimate of drug-likeness (QED) is 0.529. The molecule has 0 saturated carbocycles. The molecule has 0 fully saturated rings. The lowest BCUT2D eigenvalue weighted by Crippen LogP contribution is -2.23. The summed E-state index contributed by atoms with van der Waals surface area (Å²) in [5.41, 5.74) is 0.781. The van der Waals surface area contributed by atoms with Crippen LogP contribution in [0.4, 0.5) is 5.88 Å². The van der Waals surface area contributed by atoms with E-state index >= 15 is 0 Å². The van der Waals surface area contributed by atoms with Crippen LogP contribution in [-0.4, -0.2) is 24.5 Å². The van der Waals surface area contributed by atoms with Gasteiger partial charge in [-0.1, -0.05) is 11.8 Å². The second kappa shape index (κ2) is 6.95. The molecule has 112 valence electrons. The molecule has 0 saturated heterocycles. The van der Waals surface area contributed by atoms with Gasteiger partial charge in [0.1, 0.15) is 10.7 Å². The molecule has 0 bridgehead atoms. The molecule has 22 heavy (non-hydrogen) atoms. The van der Waals surface area contributed by atoms with Crippen molar-refractivity contribution in [1.29, 1.82) is 0 Å². The summed E-state index contributed by atoms with van der Waals surface area (Å²) in [6, 6.07) is 9.52. The molecule has 2 aromatic rings. The molecule has 0 radical (unpaired) electrons. The normalized spacial score (nSPS) is 9.50. The zero-order valence-electron chi connectivity index (χ0n) is 11.7. The first-order valence-electron chi connectivity index (χ1n) is 6.25. The van der Waals surface area contributed by atoms with Crippen molar-refractivity contribution >= 4 is 11.8 Å². The molecule has 0 atom stereocenters. The minimum absolute atomic E-state index is 0.0966. The Labute approximate surface area is 126 Å². The SMILES string of the molecule is COc1ccc(C#CCNC(=O)c2ccc([N+](=O)[O-])o2)cc1. The van der Waals surface area contributed by atoms with Crippen molar-refractivity contribution in [3.63, 3.8) is 0 Å². The van der Waals surface area contributed by atoms with Crippen LogP contribution >= 0.6 is 0 Å². The van der Waals surface area contributed by atoms with Crippen LogP contribution in [0.15, 0.2) is 40.8 Å². The van der Waals surface area contributed by atoms with Gasteiger partial charge >= 0.3 is 5.88 Å². The first-order valence-corrected chi connectivity index (χ1v) is 6.25. The van der Waals surface area contributed by atoms with Crippen LogP contribution in [0.2, 0.25) is 0 Å². The molecule has 0 spiro atoms. The van der Waals surface area contributed by atoms with Crippen molar-refractivity contribution in [2.75, 3.05) is 13.7 Å². The van der Waals surface area contributed by atoms with Crippen LogP contribution in [-0.2, 0) is 0 Å². The molecular weight excluding hydrogens is 288 g/mol. The third kappa shape index (κ3) is 3.86. The summed E-state index contributed by atoms with van der Waals surface area (Å²) in [7, 11) is 1.58. The number of ether oxygens (including phenoxy) is 1. The number of amides is 1. The van der Waals surface area contributed by atoms with Crippen LogP contribution in [0.5, 0.6) is 5.75 Å². The van der Waals surface area contributed by atoms with E-state index in [1.165, 1.54) is 6.07 Å². The lowest BCUT2D eigenvalue weighted by atomic mass is 10.2. The second-order valence-electron chi connectivity index (χ2n) is 4.11. The average Bonchev–Trinajstić information content (AvgIpc) is 3.02. The van der Waals surface area contributed by atoms with Crippen molar-refractivity contribution in [2.45, 2.75) is 0 Å². The van der Waals surface area contributed by atoms with Crippen LogP contribution in [0, 0.1) is 22.0 Å². The first kappa shape index (κ1) is 15.1. The van der Waals surface area contributed by atoms with Crippen molar-refractivity contribution < 1.29 is 18.9 Å². The summed E-state index contributed by atoms with van der Waals surface area (Å²) in [6.45, 7) is 0.0966. The number of rotatable bonds is 4. The van der Waals surface area contributed by atoms with Crippen molar-refractivity contribution in [3.05, 3.63) is 57.8 Å². The lowest BCUT2D eigenvalue weighted by molar-refractivity contribution is -0.402. The van der Waals surface area contributed by atoms with E-state index in [4.69, 9.17) is 9.15 Å². The summed E-state index contributed by atoms with van der Waals surface area (Å²) in [5.74, 6) is 5.21. The Morgan fingerprint density at radius 3 is 2.64 bits per heavy atom. The van der Waals surface area contributed by atoms with Crippen LogP contribution in [0.1, 0.15) is 16.1 Å². The number of hydrogen-bond acceptors (Lipinski definition) is 5. The van der Waals surface area contributed by atoms with E-state index in [-0.39, 0.29) is 12.3 Å².